The zero-order valence-corrected chi connectivity index (χ0v) is 7.69. The van der Waals surface area contributed by atoms with E-state index in [4.69, 9.17) is 16.9 Å². The zero-order valence-electron chi connectivity index (χ0n) is 6.87. The number of halogens is 1. The average Bonchev–Trinajstić information content (AvgIpc) is 2.64. The lowest BCUT2D eigenvalue weighted by atomic mass is 10.2. The van der Waals surface area contributed by atoms with E-state index in [1.807, 2.05) is 0 Å². The summed E-state index contributed by atoms with van der Waals surface area (Å²) < 4.78 is 4.74. The molecular formula is C8H12ClNO2. The standard InChI is InChI=1S/C8H11NO2.ClH/c1-3-6-5-8(6,9)7(10)11-4-2;/h1,6H,4-5,9H2,2H3;1H/t6-,8-;/m1./s1. The maximum Gasteiger partial charge on any atom is 0.327 e. The molecule has 68 valence electrons. The van der Waals surface area contributed by atoms with E-state index in [1.165, 1.54) is 0 Å². The first-order valence-electron chi connectivity index (χ1n) is 3.57. The van der Waals surface area contributed by atoms with Gasteiger partial charge in [-0.3, -0.25) is 4.79 Å². The summed E-state index contributed by atoms with van der Waals surface area (Å²) in [5.74, 6) is 1.95. The van der Waals surface area contributed by atoms with Crippen molar-refractivity contribution >= 4 is 18.4 Å². The summed E-state index contributed by atoms with van der Waals surface area (Å²) in [6, 6.07) is 0. The first kappa shape index (κ1) is 11.3. The molecule has 2 N–H and O–H groups in total. The van der Waals surface area contributed by atoms with Gasteiger partial charge in [-0.05, 0) is 13.3 Å². The normalized spacial score (nSPS) is 31.2. The van der Waals surface area contributed by atoms with Crippen LogP contribution in [-0.4, -0.2) is 18.1 Å². The van der Waals surface area contributed by atoms with Crippen LogP contribution in [0, 0.1) is 18.3 Å². The van der Waals surface area contributed by atoms with E-state index in [0.29, 0.717) is 13.0 Å². The van der Waals surface area contributed by atoms with Crippen molar-refractivity contribution in [1.82, 2.24) is 0 Å². The number of rotatable bonds is 2. The Morgan fingerprint density at radius 3 is 2.83 bits per heavy atom. The highest BCUT2D eigenvalue weighted by atomic mass is 35.5. The molecule has 0 amide bonds. The van der Waals surface area contributed by atoms with Gasteiger partial charge >= 0.3 is 5.97 Å². The number of nitrogens with two attached hydrogens (primary N) is 1. The summed E-state index contributed by atoms with van der Waals surface area (Å²) in [6.07, 6.45) is 5.66. The molecule has 3 nitrogen and oxygen atoms in total. The van der Waals surface area contributed by atoms with Gasteiger partial charge in [0.25, 0.3) is 0 Å². The number of carbonyl (C=O) groups excluding carboxylic acids is 1. The molecule has 0 unspecified atom stereocenters. The molecule has 2 atom stereocenters. The van der Waals surface area contributed by atoms with Crippen LogP contribution in [-0.2, 0) is 9.53 Å². The maximum absolute atomic E-state index is 11.1. The van der Waals surface area contributed by atoms with Gasteiger partial charge < -0.3 is 10.5 Å². The zero-order chi connectivity index (χ0) is 8.48. The lowest BCUT2D eigenvalue weighted by Crippen LogP contribution is -2.36. The number of esters is 1. The molecule has 0 aliphatic heterocycles. The molecule has 0 radical (unpaired) electrons. The van der Waals surface area contributed by atoms with Crippen molar-refractivity contribution in [3.8, 4) is 12.3 Å². The van der Waals surface area contributed by atoms with Gasteiger partial charge in [0, 0.05) is 0 Å². The van der Waals surface area contributed by atoms with Crippen LogP contribution in [0.2, 0.25) is 0 Å². The highest BCUT2D eigenvalue weighted by molar-refractivity contribution is 5.86. The van der Waals surface area contributed by atoms with Gasteiger partial charge in [0.05, 0.1) is 12.5 Å². The quantitative estimate of drug-likeness (QED) is 0.503. The molecule has 0 aromatic heterocycles. The molecule has 1 rings (SSSR count). The minimum Gasteiger partial charge on any atom is -0.465 e. The van der Waals surface area contributed by atoms with Crippen molar-refractivity contribution in [2.75, 3.05) is 6.61 Å². The van der Waals surface area contributed by atoms with Gasteiger partial charge in [0.2, 0.25) is 0 Å². The second-order valence-corrected chi connectivity index (χ2v) is 2.68. The Hall–Kier alpha value is -0.720. The monoisotopic (exact) mass is 189 g/mol. The number of hydrogen-bond acceptors (Lipinski definition) is 3. The predicted molar refractivity (Wildman–Crippen MR) is 47.7 cm³/mol. The first-order chi connectivity index (χ1) is 5.15. The van der Waals surface area contributed by atoms with Crippen molar-refractivity contribution in [3.05, 3.63) is 0 Å². The van der Waals surface area contributed by atoms with Crippen LogP contribution < -0.4 is 5.73 Å². The summed E-state index contributed by atoms with van der Waals surface area (Å²) in [6.45, 7) is 2.10. The minimum atomic E-state index is -0.870. The fraction of sp³-hybridized carbons (Fsp3) is 0.625. The minimum absolute atomic E-state index is 0. The Labute approximate surface area is 78.1 Å². The van der Waals surface area contributed by atoms with E-state index in [-0.39, 0.29) is 24.3 Å². The molecule has 0 bridgehead atoms. The van der Waals surface area contributed by atoms with E-state index in [0.717, 1.165) is 0 Å². The molecule has 0 saturated heterocycles. The second-order valence-electron chi connectivity index (χ2n) is 2.68. The number of terminal acetylenes is 1. The summed E-state index contributed by atoms with van der Waals surface area (Å²) in [5, 5.41) is 0. The van der Waals surface area contributed by atoms with E-state index in [1.54, 1.807) is 6.92 Å². The van der Waals surface area contributed by atoms with Crippen molar-refractivity contribution in [2.24, 2.45) is 11.7 Å². The van der Waals surface area contributed by atoms with Crippen LogP contribution in [0.5, 0.6) is 0 Å². The van der Waals surface area contributed by atoms with Crippen LogP contribution in [0.25, 0.3) is 0 Å². The number of hydrogen-bond donors (Lipinski definition) is 1. The van der Waals surface area contributed by atoms with Gasteiger partial charge in [0.1, 0.15) is 5.54 Å². The molecule has 1 aliphatic rings. The van der Waals surface area contributed by atoms with E-state index in [9.17, 15) is 4.79 Å². The third-order valence-corrected chi connectivity index (χ3v) is 1.86. The molecule has 0 aromatic rings. The SMILES string of the molecule is C#C[C@@H]1C[C@]1(N)C(=O)OCC.Cl. The Morgan fingerprint density at radius 1 is 1.92 bits per heavy atom. The smallest absolute Gasteiger partial charge is 0.327 e. The Bertz CT molecular complexity index is 224. The summed E-state index contributed by atoms with van der Waals surface area (Å²) in [5.41, 5.74) is 4.74. The van der Waals surface area contributed by atoms with Crippen molar-refractivity contribution in [1.29, 1.82) is 0 Å². The van der Waals surface area contributed by atoms with Gasteiger partial charge in [-0.2, -0.15) is 0 Å². The van der Waals surface area contributed by atoms with Gasteiger partial charge in [-0.1, -0.05) is 0 Å². The van der Waals surface area contributed by atoms with Crippen molar-refractivity contribution in [3.63, 3.8) is 0 Å². The first-order valence-corrected chi connectivity index (χ1v) is 3.57. The fourth-order valence-electron chi connectivity index (χ4n) is 0.978. The average molecular weight is 190 g/mol. The van der Waals surface area contributed by atoms with Gasteiger partial charge in [-0.15, -0.1) is 24.8 Å². The molecule has 1 fully saturated rings. The summed E-state index contributed by atoms with van der Waals surface area (Å²) >= 11 is 0. The molecule has 1 aliphatic carbocycles. The van der Waals surface area contributed by atoms with Crippen LogP contribution in [0.15, 0.2) is 0 Å². The molecule has 0 aromatic carbocycles. The van der Waals surface area contributed by atoms with Crippen LogP contribution in [0.1, 0.15) is 13.3 Å². The lowest BCUT2D eigenvalue weighted by molar-refractivity contribution is -0.146. The van der Waals surface area contributed by atoms with Gasteiger partial charge in [0.15, 0.2) is 0 Å². The maximum atomic E-state index is 11.1. The van der Waals surface area contributed by atoms with Crippen molar-refractivity contribution < 1.29 is 9.53 Å². The predicted octanol–water partition coefficient (Wildman–Crippen LogP) is 0.322. The molecule has 4 heteroatoms. The summed E-state index contributed by atoms with van der Waals surface area (Å²) in [7, 11) is 0. The van der Waals surface area contributed by atoms with Gasteiger partial charge in [-0.25, -0.2) is 0 Å². The molecule has 0 heterocycles. The molecule has 1 saturated carbocycles. The highest BCUT2D eigenvalue weighted by Crippen LogP contribution is 2.41. The molecule has 12 heavy (non-hydrogen) atoms. The number of carbonyl (C=O) groups is 1. The Morgan fingerprint density at radius 2 is 2.50 bits per heavy atom. The van der Waals surface area contributed by atoms with E-state index in [2.05, 4.69) is 5.92 Å². The largest absolute Gasteiger partial charge is 0.465 e. The topological polar surface area (TPSA) is 52.3 Å². The Balaban J connectivity index is 0.00000121. The third-order valence-electron chi connectivity index (χ3n) is 1.86. The van der Waals surface area contributed by atoms with E-state index < -0.39 is 5.54 Å². The highest BCUT2D eigenvalue weighted by Gasteiger charge is 2.57. The summed E-state index contributed by atoms with van der Waals surface area (Å²) in [4.78, 5) is 11.1. The lowest BCUT2D eigenvalue weighted by Gasteiger charge is -2.07. The van der Waals surface area contributed by atoms with Crippen LogP contribution >= 0.6 is 12.4 Å². The van der Waals surface area contributed by atoms with Crippen LogP contribution in [0.4, 0.5) is 0 Å². The fourth-order valence-corrected chi connectivity index (χ4v) is 0.978. The third kappa shape index (κ3) is 1.71. The molecule has 0 spiro atoms. The second kappa shape index (κ2) is 3.79. The Kier molecular flexibility index (Phi) is 3.56. The van der Waals surface area contributed by atoms with Crippen LogP contribution in [0.3, 0.4) is 0 Å². The van der Waals surface area contributed by atoms with E-state index >= 15 is 0 Å². The van der Waals surface area contributed by atoms with Crippen molar-refractivity contribution in [2.45, 2.75) is 18.9 Å². The number of ether oxygens (including phenoxy) is 1. The molecular weight excluding hydrogens is 178 g/mol.